The molecule has 1 aromatic rings. The number of pyridine rings is 1. The predicted molar refractivity (Wildman–Crippen MR) is 142 cm³/mol. The smallest absolute Gasteiger partial charge is 1.00 e. The van der Waals surface area contributed by atoms with Crippen molar-refractivity contribution in [2.45, 2.75) is 77.3 Å². The number of unbranched alkanes of at least 4 members (excludes halogenated alkanes) is 4. The van der Waals surface area contributed by atoms with Gasteiger partial charge in [0.25, 0.3) is 0 Å². The second-order valence-electron chi connectivity index (χ2n) is 9.35. The van der Waals surface area contributed by atoms with E-state index in [1.807, 2.05) is 18.2 Å². The topological polar surface area (TPSA) is 62.3 Å². The molecule has 2 atom stereocenters. The third kappa shape index (κ3) is 8.09. The zero-order valence-corrected chi connectivity index (χ0v) is 25.1. The van der Waals surface area contributed by atoms with Gasteiger partial charge in [0.2, 0.25) is 0 Å². The Morgan fingerprint density at radius 3 is 1.53 bits per heavy atom. The van der Waals surface area contributed by atoms with Crippen LogP contribution in [0.2, 0.25) is 0 Å². The summed E-state index contributed by atoms with van der Waals surface area (Å²) in [7, 11) is 0. The van der Waals surface area contributed by atoms with E-state index in [0.29, 0.717) is 11.7 Å². The van der Waals surface area contributed by atoms with Gasteiger partial charge in [-0.3, -0.25) is 9.98 Å². The number of amidine groups is 2. The fourth-order valence-electron chi connectivity index (χ4n) is 4.65. The second kappa shape index (κ2) is 16.3. The van der Waals surface area contributed by atoms with Crippen molar-refractivity contribution in [3.63, 3.8) is 0 Å². The molecule has 3 heterocycles. The fourth-order valence-corrected chi connectivity index (χ4v) is 4.65. The van der Waals surface area contributed by atoms with E-state index in [-0.39, 0.29) is 66.4 Å². The van der Waals surface area contributed by atoms with Crippen LogP contribution in [-0.4, -0.2) is 40.2 Å². The summed E-state index contributed by atoms with van der Waals surface area (Å²) in [6.45, 7) is 4.47. The van der Waals surface area contributed by atoms with Crippen molar-refractivity contribution in [3.8, 4) is 0 Å². The minimum atomic E-state index is 0. The molecule has 5 nitrogen and oxygen atoms in total. The van der Waals surface area contributed by atoms with E-state index in [9.17, 15) is 0 Å². The van der Waals surface area contributed by atoms with Gasteiger partial charge in [-0.1, -0.05) is 69.9 Å². The quantitative estimate of drug-likeness (QED) is 0.211. The number of hydrogen-bond acceptors (Lipinski definition) is 5. The van der Waals surface area contributed by atoms with Crippen LogP contribution in [0.25, 0.3) is 0 Å². The molecule has 38 heavy (non-hydrogen) atoms. The van der Waals surface area contributed by atoms with Gasteiger partial charge in [-0.25, -0.2) is 15.0 Å². The summed E-state index contributed by atoms with van der Waals surface area (Å²) in [6.07, 6.45) is 22.8. The van der Waals surface area contributed by atoms with Crippen LogP contribution in [-0.2, 0) is 17.1 Å². The molecule has 0 aromatic carbocycles. The van der Waals surface area contributed by atoms with E-state index in [2.05, 4.69) is 50.3 Å². The Bertz CT molecular complexity index is 1120. The third-order valence-electron chi connectivity index (χ3n) is 6.60. The van der Waals surface area contributed by atoms with E-state index < -0.39 is 0 Å². The number of fused-ring (bicyclic) bond motifs is 2. The molecule has 0 saturated heterocycles. The average Bonchev–Trinajstić information content (AvgIpc) is 3.48. The van der Waals surface area contributed by atoms with Crippen molar-refractivity contribution >= 4 is 23.1 Å². The molecule has 0 bridgehead atoms. The molecule has 0 amide bonds. The Morgan fingerprint density at radius 1 is 0.658 bits per heavy atom. The molecular formula is C29H33Cl3FeN5. The van der Waals surface area contributed by atoms with Gasteiger partial charge >= 0.3 is 17.1 Å². The first kappa shape index (κ1) is 34.2. The van der Waals surface area contributed by atoms with Gasteiger partial charge in [-0.2, -0.15) is 0 Å². The van der Waals surface area contributed by atoms with Crippen LogP contribution in [0.4, 0.5) is 0 Å². The molecule has 0 fully saturated rings. The van der Waals surface area contributed by atoms with E-state index in [1.54, 1.807) is 0 Å². The molecule has 0 N–H and O–H groups in total. The zero-order valence-electron chi connectivity index (χ0n) is 21.7. The van der Waals surface area contributed by atoms with E-state index >= 15 is 0 Å². The molecule has 9 heteroatoms. The van der Waals surface area contributed by atoms with Crippen molar-refractivity contribution in [1.82, 2.24) is 4.98 Å². The van der Waals surface area contributed by atoms with Crippen LogP contribution >= 0.6 is 0 Å². The molecule has 4 aliphatic rings. The zero-order chi connectivity index (χ0) is 23.3. The van der Waals surface area contributed by atoms with Crippen LogP contribution in [0.15, 0.2) is 85.8 Å². The van der Waals surface area contributed by atoms with Crippen molar-refractivity contribution in [1.29, 1.82) is 0 Å². The molecule has 2 aliphatic carbocycles. The van der Waals surface area contributed by atoms with Gasteiger partial charge in [-0.05, 0) is 61.1 Å². The van der Waals surface area contributed by atoms with Crippen molar-refractivity contribution < 1.29 is 54.3 Å². The van der Waals surface area contributed by atoms with Gasteiger partial charge in [0.1, 0.15) is 23.5 Å². The maximum absolute atomic E-state index is 4.85. The Morgan fingerprint density at radius 2 is 1.11 bits per heavy atom. The van der Waals surface area contributed by atoms with Crippen LogP contribution in [0.1, 0.15) is 76.6 Å². The maximum Gasteiger partial charge on any atom is 3.00 e. The van der Waals surface area contributed by atoms with Gasteiger partial charge in [0, 0.05) is 0 Å². The number of allylic oxidation sites excluding steroid dienone is 4. The summed E-state index contributed by atoms with van der Waals surface area (Å²) in [4.78, 5) is 24.1. The number of halogens is 3. The van der Waals surface area contributed by atoms with Gasteiger partial charge < -0.3 is 37.2 Å². The fraction of sp³-hybridized carbons (Fsp3) is 0.414. The molecule has 2 unspecified atom stereocenters. The summed E-state index contributed by atoms with van der Waals surface area (Å²) in [5.74, 6) is 1.39. The van der Waals surface area contributed by atoms with Crippen LogP contribution in [0.5, 0.6) is 0 Å². The van der Waals surface area contributed by atoms with Crippen molar-refractivity contribution in [2.75, 3.05) is 0 Å². The molecule has 1 radical (unpaired) electrons. The summed E-state index contributed by atoms with van der Waals surface area (Å²) in [5, 5.41) is 0. The summed E-state index contributed by atoms with van der Waals surface area (Å²) in [5.41, 5.74) is 6.28. The average molecular weight is 614 g/mol. The first-order valence-corrected chi connectivity index (χ1v) is 12.8. The molecule has 0 spiro atoms. The first-order chi connectivity index (χ1) is 16.7. The molecule has 5 rings (SSSR count). The number of hydrogen-bond donors (Lipinski definition) is 0. The Balaban J connectivity index is 0.00000180. The monoisotopic (exact) mass is 612 g/mol. The largest absolute Gasteiger partial charge is 3.00 e. The van der Waals surface area contributed by atoms with Crippen LogP contribution in [0.3, 0.4) is 0 Å². The Hall–Kier alpha value is -1.82. The minimum absolute atomic E-state index is 0. The van der Waals surface area contributed by atoms with Crippen molar-refractivity contribution in [2.24, 2.45) is 20.0 Å². The minimum Gasteiger partial charge on any atom is -1.00 e. The third-order valence-corrected chi connectivity index (χ3v) is 6.60. The Labute approximate surface area is 255 Å². The van der Waals surface area contributed by atoms with E-state index in [1.165, 1.54) is 49.7 Å². The second-order valence-corrected chi connectivity index (χ2v) is 9.35. The van der Waals surface area contributed by atoms with Gasteiger partial charge in [0.05, 0.1) is 11.4 Å². The first-order valence-electron chi connectivity index (χ1n) is 12.8. The molecular weight excluding hydrogens is 581 g/mol. The SMILES string of the molecule is CCCCCC1=CC2=NC(c3cccc(C4=NC5C=CC(CCCCC)=CC5=N4)n3)=NC2C=C1.[Cl-].[Cl-].[Cl-].[Fe+3]. The molecule has 2 aliphatic heterocycles. The van der Waals surface area contributed by atoms with Gasteiger partial charge in [-0.15, -0.1) is 0 Å². The number of rotatable bonds is 10. The predicted octanol–water partition coefficient (Wildman–Crippen LogP) is -2.62. The molecule has 1 aromatic heterocycles. The summed E-state index contributed by atoms with van der Waals surface area (Å²) < 4.78 is 0. The van der Waals surface area contributed by atoms with Crippen LogP contribution < -0.4 is 37.2 Å². The van der Waals surface area contributed by atoms with Crippen molar-refractivity contribution in [3.05, 3.63) is 77.2 Å². The molecule has 203 valence electrons. The number of aromatic nitrogens is 1. The standard InChI is InChI=1S/C29H33N5.3ClH.Fe/c1-3-5-7-10-20-14-16-22-26(18-20)33-28(31-22)24-12-9-13-25(30-24)29-32-23-17-15-21(11-8-6-4-2)19-27(23)34-29;;;;/h9,12-19,22-23H,3-8,10-11H2,1-2H3;3*1H;/q;;;;+3/p-3. The summed E-state index contributed by atoms with van der Waals surface area (Å²) >= 11 is 0. The number of nitrogens with zero attached hydrogens (tertiary/aromatic N) is 5. The summed E-state index contributed by atoms with van der Waals surface area (Å²) in [6, 6.07) is 5.95. The Kier molecular flexibility index (Phi) is 14.7. The van der Waals surface area contributed by atoms with E-state index in [0.717, 1.165) is 35.7 Å². The van der Waals surface area contributed by atoms with Gasteiger partial charge in [0.15, 0.2) is 11.7 Å². The maximum atomic E-state index is 4.85. The number of aliphatic imine (C=N–C) groups is 4. The normalized spacial score (nSPS) is 20.1. The van der Waals surface area contributed by atoms with Crippen LogP contribution in [0, 0.1) is 0 Å². The van der Waals surface area contributed by atoms with E-state index in [4.69, 9.17) is 25.0 Å². The molecule has 0 saturated carbocycles.